The molecule has 1 aliphatic carbocycles. The van der Waals surface area contributed by atoms with Crippen LogP contribution in [0.3, 0.4) is 0 Å². The predicted octanol–water partition coefficient (Wildman–Crippen LogP) is 2.58. The first-order chi connectivity index (χ1) is 11.6. The molecule has 0 atom stereocenters. The number of hydrogen-bond acceptors (Lipinski definition) is 3. The quantitative estimate of drug-likeness (QED) is 0.838. The van der Waals surface area contributed by atoms with Crippen molar-refractivity contribution in [2.24, 2.45) is 5.92 Å². The zero-order valence-corrected chi connectivity index (χ0v) is 14.5. The van der Waals surface area contributed by atoms with Crippen molar-refractivity contribution in [1.82, 2.24) is 9.80 Å². The van der Waals surface area contributed by atoms with Crippen molar-refractivity contribution >= 4 is 23.4 Å². The summed E-state index contributed by atoms with van der Waals surface area (Å²) in [5.41, 5.74) is 0. The molecule has 0 unspecified atom stereocenters. The largest absolute Gasteiger partial charge is 0.484 e. The van der Waals surface area contributed by atoms with Gasteiger partial charge in [-0.2, -0.15) is 0 Å². The Bertz CT molecular complexity index is 576. The van der Waals surface area contributed by atoms with E-state index in [9.17, 15) is 9.59 Å². The number of piperazine rings is 1. The van der Waals surface area contributed by atoms with Gasteiger partial charge in [-0.15, -0.1) is 0 Å². The molecule has 0 N–H and O–H groups in total. The molecule has 1 aromatic rings. The maximum Gasteiger partial charge on any atom is 0.260 e. The average Bonchev–Trinajstić information content (AvgIpc) is 3.15. The van der Waals surface area contributed by atoms with Gasteiger partial charge >= 0.3 is 0 Å². The monoisotopic (exact) mass is 350 g/mol. The summed E-state index contributed by atoms with van der Waals surface area (Å²) in [4.78, 5) is 28.3. The summed E-state index contributed by atoms with van der Waals surface area (Å²) in [6.45, 7) is 2.44. The maximum atomic E-state index is 12.4. The van der Waals surface area contributed by atoms with Gasteiger partial charge in [0.2, 0.25) is 5.91 Å². The third-order valence-corrected chi connectivity index (χ3v) is 5.08. The Morgan fingerprint density at radius 3 is 2.21 bits per heavy atom. The average molecular weight is 351 g/mol. The van der Waals surface area contributed by atoms with Gasteiger partial charge < -0.3 is 14.5 Å². The van der Waals surface area contributed by atoms with Gasteiger partial charge in [0.25, 0.3) is 5.91 Å². The van der Waals surface area contributed by atoms with Crippen molar-refractivity contribution in [2.45, 2.75) is 25.7 Å². The van der Waals surface area contributed by atoms with Crippen molar-refractivity contribution < 1.29 is 14.3 Å². The van der Waals surface area contributed by atoms with Crippen LogP contribution in [-0.4, -0.2) is 54.4 Å². The van der Waals surface area contributed by atoms with E-state index in [4.69, 9.17) is 16.3 Å². The zero-order valence-electron chi connectivity index (χ0n) is 13.7. The van der Waals surface area contributed by atoms with Gasteiger partial charge in [-0.1, -0.05) is 24.4 Å². The first-order valence-corrected chi connectivity index (χ1v) is 8.96. The molecule has 2 fully saturated rings. The van der Waals surface area contributed by atoms with E-state index in [1.165, 1.54) is 0 Å². The van der Waals surface area contributed by atoms with Gasteiger partial charge in [0.1, 0.15) is 5.75 Å². The van der Waals surface area contributed by atoms with E-state index in [0.29, 0.717) is 37.0 Å². The van der Waals surface area contributed by atoms with Crippen molar-refractivity contribution in [1.29, 1.82) is 0 Å². The summed E-state index contributed by atoms with van der Waals surface area (Å²) in [6, 6.07) is 6.95. The van der Waals surface area contributed by atoms with Crippen molar-refractivity contribution in [3.63, 3.8) is 0 Å². The van der Waals surface area contributed by atoms with Crippen LogP contribution in [0.15, 0.2) is 24.3 Å². The third kappa shape index (κ3) is 4.20. The highest BCUT2D eigenvalue weighted by Crippen LogP contribution is 2.27. The molecule has 0 spiro atoms. The molecular weight excluding hydrogens is 328 g/mol. The Hall–Kier alpha value is -1.75. The number of benzene rings is 1. The normalized spacial score (nSPS) is 18.7. The van der Waals surface area contributed by atoms with Crippen LogP contribution < -0.4 is 4.74 Å². The molecule has 0 aromatic heterocycles. The standard InChI is InChI=1S/C18H23ClN2O3/c19-15-5-7-16(8-6-15)24-13-17(22)20-9-11-21(12-10-20)18(23)14-3-1-2-4-14/h5-8,14H,1-4,9-13H2. The fourth-order valence-corrected chi connectivity index (χ4v) is 3.50. The molecule has 1 aromatic carbocycles. The fourth-order valence-electron chi connectivity index (χ4n) is 3.37. The fraction of sp³-hybridized carbons (Fsp3) is 0.556. The molecule has 24 heavy (non-hydrogen) atoms. The highest BCUT2D eigenvalue weighted by Gasteiger charge is 2.30. The Labute approximate surface area is 147 Å². The molecule has 1 aliphatic heterocycles. The van der Waals surface area contributed by atoms with Crippen LogP contribution in [0.2, 0.25) is 5.02 Å². The van der Waals surface area contributed by atoms with Crippen LogP contribution in [0.25, 0.3) is 0 Å². The molecule has 2 amide bonds. The Kier molecular flexibility index (Phi) is 5.61. The summed E-state index contributed by atoms with van der Waals surface area (Å²) in [6.07, 6.45) is 4.37. The van der Waals surface area contributed by atoms with Gasteiger partial charge in [0, 0.05) is 37.1 Å². The number of rotatable bonds is 4. The van der Waals surface area contributed by atoms with E-state index in [-0.39, 0.29) is 24.3 Å². The third-order valence-electron chi connectivity index (χ3n) is 4.82. The topological polar surface area (TPSA) is 49.9 Å². The molecule has 1 saturated heterocycles. The van der Waals surface area contributed by atoms with Crippen molar-refractivity contribution in [2.75, 3.05) is 32.8 Å². The minimum absolute atomic E-state index is 0.0121. The number of hydrogen-bond donors (Lipinski definition) is 0. The highest BCUT2D eigenvalue weighted by atomic mass is 35.5. The molecule has 6 heteroatoms. The summed E-state index contributed by atoms with van der Waals surface area (Å²) >= 11 is 5.82. The van der Waals surface area contributed by atoms with Gasteiger partial charge in [0.05, 0.1) is 0 Å². The maximum absolute atomic E-state index is 12.4. The summed E-state index contributed by atoms with van der Waals surface area (Å²) in [5, 5.41) is 0.636. The summed E-state index contributed by atoms with van der Waals surface area (Å²) in [7, 11) is 0. The molecule has 1 saturated carbocycles. The minimum atomic E-state index is -0.0436. The van der Waals surface area contributed by atoms with Crippen molar-refractivity contribution in [3.05, 3.63) is 29.3 Å². The SMILES string of the molecule is O=C(COc1ccc(Cl)cc1)N1CCN(C(=O)C2CCCC2)CC1. The number of nitrogens with zero attached hydrogens (tertiary/aromatic N) is 2. The molecule has 2 aliphatic rings. The van der Waals surface area contributed by atoms with Crippen LogP contribution in [0.5, 0.6) is 5.75 Å². The van der Waals surface area contributed by atoms with Crippen LogP contribution in [0.4, 0.5) is 0 Å². The van der Waals surface area contributed by atoms with E-state index in [0.717, 1.165) is 25.7 Å². The lowest BCUT2D eigenvalue weighted by Crippen LogP contribution is -2.52. The van der Waals surface area contributed by atoms with E-state index in [2.05, 4.69) is 0 Å². The van der Waals surface area contributed by atoms with Crippen LogP contribution in [0.1, 0.15) is 25.7 Å². The van der Waals surface area contributed by atoms with Crippen molar-refractivity contribution in [3.8, 4) is 5.75 Å². The lowest BCUT2D eigenvalue weighted by atomic mass is 10.1. The lowest BCUT2D eigenvalue weighted by Gasteiger charge is -2.36. The van der Waals surface area contributed by atoms with Crippen LogP contribution in [0, 0.1) is 5.92 Å². The molecule has 5 nitrogen and oxygen atoms in total. The second kappa shape index (κ2) is 7.88. The van der Waals surface area contributed by atoms with E-state index >= 15 is 0 Å². The van der Waals surface area contributed by atoms with Gasteiger partial charge in [-0.3, -0.25) is 9.59 Å². The van der Waals surface area contributed by atoms with E-state index in [1.807, 2.05) is 4.90 Å². The van der Waals surface area contributed by atoms with Gasteiger partial charge in [-0.25, -0.2) is 0 Å². The van der Waals surface area contributed by atoms with Gasteiger partial charge in [-0.05, 0) is 37.1 Å². The molecule has 3 rings (SSSR count). The number of carbonyl (C=O) groups is 2. The number of halogens is 1. The minimum Gasteiger partial charge on any atom is -0.484 e. The Morgan fingerprint density at radius 2 is 1.58 bits per heavy atom. The summed E-state index contributed by atoms with van der Waals surface area (Å²) < 4.78 is 5.50. The van der Waals surface area contributed by atoms with Gasteiger partial charge in [0.15, 0.2) is 6.61 Å². The van der Waals surface area contributed by atoms with Crippen LogP contribution >= 0.6 is 11.6 Å². The lowest BCUT2D eigenvalue weighted by molar-refractivity contribution is -0.142. The molecule has 0 radical (unpaired) electrons. The molecule has 130 valence electrons. The number of carbonyl (C=O) groups excluding carboxylic acids is 2. The first-order valence-electron chi connectivity index (χ1n) is 8.58. The smallest absolute Gasteiger partial charge is 0.260 e. The van der Waals surface area contributed by atoms with E-state index < -0.39 is 0 Å². The predicted molar refractivity (Wildman–Crippen MR) is 92.1 cm³/mol. The number of amides is 2. The molecule has 0 bridgehead atoms. The second-order valence-electron chi connectivity index (χ2n) is 6.43. The van der Waals surface area contributed by atoms with E-state index in [1.54, 1.807) is 29.2 Å². The Morgan fingerprint density at radius 1 is 1.00 bits per heavy atom. The molecule has 1 heterocycles. The van der Waals surface area contributed by atoms with Crippen LogP contribution in [-0.2, 0) is 9.59 Å². The first kappa shape index (κ1) is 17.1. The number of ether oxygens (including phenoxy) is 1. The zero-order chi connectivity index (χ0) is 16.9. The Balaban J connectivity index is 1.43. The molecular formula is C18H23ClN2O3. The second-order valence-corrected chi connectivity index (χ2v) is 6.87. The summed E-state index contributed by atoms with van der Waals surface area (Å²) in [5.74, 6) is 1.07. The highest BCUT2D eigenvalue weighted by molar-refractivity contribution is 6.30.